The predicted octanol–water partition coefficient (Wildman–Crippen LogP) is 3.03. The first kappa shape index (κ1) is 32.0. The predicted molar refractivity (Wildman–Crippen MR) is 49.3 cm³/mol. The van der Waals surface area contributed by atoms with Crippen molar-refractivity contribution in [2.75, 3.05) is 20.0 Å². The largest absolute Gasteiger partial charge is 3.00 e. The van der Waals surface area contributed by atoms with E-state index in [9.17, 15) is 0 Å². The minimum Gasteiger partial charge on any atom is -0.358 e. The molecule has 0 aromatic rings. The Kier molecular flexibility index (Phi) is 42.3. The van der Waals surface area contributed by atoms with Gasteiger partial charge in [-0.15, -0.1) is 7.26 Å². The molecule has 0 bridgehead atoms. The van der Waals surface area contributed by atoms with Crippen LogP contribution < -0.4 is 0 Å². The van der Waals surface area contributed by atoms with E-state index in [0.717, 1.165) is 0 Å². The van der Waals surface area contributed by atoms with Crippen molar-refractivity contribution in [2.24, 2.45) is 0 Å². The van der Waals surface area contributed by atoms with Gasteiger partial charge in [-0.25, -0.2) is 0 Å². The zero-order valence-electron chi connectivity index (χ0n) is 7.46. The minimum absolute atomic E-state index is 0. The van der Waals surface area contributed by atoms with Gasteiger partial charge in [0.25, 0.3) is 0 Å². The van der Waals surface area contributed by atoms with Crippen LogP contribution in [0.1, 0.15) is 0 Å². The first-order valence-electron chi connectivity index (χ1n) is 1.66. The molecule has 0 fully saturated rings. The first-order chi connectivity index (χ1) is 2.00. The summed E-state index contributed by atoms with van der Waals surface area (Å²) < 4.78 is 0. The van der Waals surface area contributed by atoms with Crippen molar-refractivity contribution in [3.8, 4) is 0 Å². The zero-order valence-corrected chi connectivity index (χ0v) is 10.5. The van der Waals surface area contributed by atoms with Crippen molar-refractivity contribution < 1.29 is 22.4 Å². The molecule has 0 radical (unpaired) electrons. The molecule has 64 valence electrons. The van der Waals surface area contributed by atoms with E-state index in [0.29, 0.717) is 0 Å². The second kappa shape index (κ2) is 11.9. The van der Waals surface area contributed by atoms with E-state index in [-0.39, 0.29) is 44.7 Å². The Morgan fingerprint density at radius 3 is 0.889 bits per heavy atom. The topological polar surface area (TPSA) is 0 Å². The first-order valence-corrected chi connectivity index (χ1v) is 4.97. The second-order valence-corrected chi connectivity index (χ2v) is 6.87. The molecule has 0 rings (SSSR count). The Labute approximate surface area is 78.7 Å². The molecule has 0 aromatic heterocycles. The van der Waals surface area contributed by atoms with Gasteiger partial charge in [-0.1, -0.05) is 0 Å². The van der Waals surface area contributed by atoms with Crippen LogP contribution in [0.3, 0.4) is 0 Å². The Balaban J connectivity index is -0.0000000133. The van der Waals surface area contributed by atoms with E-state index in [2.05, 4.69) is 26.7 Å². The molecule has 0 aliphatic carbocycles. The average Bonchev–Trinajstić information content (AvgIpc) is 0.722. The summed E-state index contributed by atoms with van der Waals surface area (Å²) in [6.07, 6.45) is 0. The number of rotatable bonds is 0. The molecule has 0 aliphatic rings. The van der Waals surface area contributed by atoms with E-state index >= 15 is 0 Å². The zero-order chi connectivity index (χ0) is 4.50. The summed E-state index contributed by atoms with van der Waals surface area (Å²) in [5.41, 5.74) is 0. The Bertz CT molecular complexity index is 24.4. The normalized spacial score (nSPS) is 6.67. The van der Waals surface area contributed by atoms with Crippen molar-refractivity contribution in [2.45, 2.75) is 0 Å². The summed E-state index contributed by atoms with van der Waals surface area (Å²) in [4.78, 5) is 0. The smallest absolute Gasteiger partial charge is 0.358 e. The Morgan fingerprint density at radius 1 is 0.889 bits per heavy atom. The summed E-state index contributed by atoms with van der Waals surface area (Å²) in [5, 5.41) is 0. The van der Waals surface area contributed by atoms with E-state index in [1.54, 1.807) is 0 Å². The molecular weight excluding hydrogens is 312 g/mol. The summed E-state index contributed by atoms with van der Waals surface area (Å²) >= 11 is 0. The second-order valence-electron chi connectivity index (χ2n) is 2.29. The number of hydrogen-bond acceptors (Lipinski definition) is 0. The van der Waals surface area contributed by atoms with Crippen molar-refractivity contribution in [3.05, 3.63) is 28.9 Å². The van der Waals surface area contributed by atoms with Crippen molar-refractivity contribution >= 4 is 7.26 Å². The summed E-state index contributed by atoms with van der Waals surface area (Å²) in [5.74, 6) is 0. The van der Waals surface area contributed by atoms with Crippen LogP contribution >= 0.6 is 7.26 Å². The third kappa shape index (κ3) is 344. The van der Waals surface area contributed by atoms with Gasteiger partial charge >= 0.3 is 22.4 Å². The molecule has 0 nitrogen and oxygen atoms in total. The van der Waals surface area contributed by atoms with Gasteiger partial charge in [-0.05, 0) is 0 Å². The van der Waals surface area contributed by atoms with Crippen LogP contribution in [0.4, 0.5) is 0 Å². The van der Waals surface area contributed by atoms with Gasteiger partial charge in [0.2, 0.25) is 0 Å². The molecule has 0 N–H and O–H groups in total. The van der Waals surface area contributed by atoms with E-state index in [1.807, 2.05) is 0 Å². The van der Waals surface area contributed by atoms with Crippen molar-refractivity contribution in [3.63, 3.8) is 0 Å². The van der Waals surface area contributed by atoms with Gasteiger partial charge < -0.3 is 22.3 Å². The molecule has 0 saturated carbocycles. The molecule has 0 atom stereocenters. The molecule has 0 heterocycles. The van der Waals surface area contributed by atoms with Gasteiger partial charge in [0.15, 0.2) is 0 Å². The van der Waals surface area contributed by atoms with Crippen LogP contribution in [0.25, 0.3) is 0 Å². The van der Waals surface area contributed by atoms with Crippen LogP contribution in [-0.2, 0) is 22.4 Å². The maximum Gasteiger partial charge on any atom is 3.00 e. The fourth-order valence-electron chi connectivity index (χ4n) is 0. The van der Waals surface area contributed by atoms with E-state index in [4.69, 9.17) is 0 Å². The minimum atomic E-state index is -0.639. The summed E-state index contributed by atoms with van der Waals surface area (Å²) in [7, 11) is -0.639. The molecule has 2 heteroatoms. The van der Waals surface area contributed by atoms with Gasteiger partial charge in [-0.2, -0.15) is 6.66 Å². The molecule has 0 saturated heterocycles. The standard InChI is InChI=1S/C4H11P.3CH3.Au/c1-5(2,3)4;;;;/h1H2,2-4H3;3*1H3;/q;3*-1;+3. The summed E-state index contributed by atoms with van der Waals surface area (Å²) in [6.45, 7) is 10.4. The SMILES string of the molecule is [Au+3].[CH2-][P+](C)(C)C.[CH3-].[CH3-].[CH3-]. The van der Waals surface area contributed by atoms with E-state index < -0.39 is 7.26 Å². The van der Waals surface area contributed by atoms with Gasteiger partial charge in [0.05, 0.1) is 0 Å². The fourth-order valence-corrected chi connectivity index (χ4v) is 0. The van der Waals surface area contributed by atoms with Crippen LogP contribution in [0.5, 0.6) is 0 Å². The third-order valence-electron chi connectivity index (χ3n) is 0. The van der Waals surface area contributed by atoms with Gasteiger partial charge in [-0.3, -0.25) is 0 Å². The van der Waals surface area contributed by atoms with Crippen LogP contribution in [0, 0.1) is 28.9 Å². The molecule has 0 aromatic carbocycles. The maximum absolute atomic E-state index is 3.88. The Morgan fingerprint density at radius 2 is 0.889 bits per heavy atom. The molecular formula is C7H20AuP. The van der Waals surface area contributed by atoms with E-state index in [1.165, 1.54) is 0 Å². The van der Waals surface area contributed by atoms with Crippen molar-refractivity contribution in [1.82, 2.24) is 0 Å². The van der Waals surface area contributed by atoms with Gasteiger partial charge in [0.1, 0.15) is 0 Å². The van der Waals surface area contributed by atoms with Crippen LogP contribution in [0.15, 0.2) is 0 Å². The molecule has 0 amide bonds. The molecule has 0 aliphatic heterocycles. The van der Waals surface area contributed by atoms with Crippen LogP contribution in [0.2, 0.25) is 0 Å². The quantitative estimate of drug-likeness (QED) is 0.363. The van der Waals surface area contributed by atoms with Gasteiger partial charge in [0, 0.05) is 20.0 Å². The maximum atomic E-state index is 3.88. The van der Waals surface area contributed by atoms with Crippen molar-refractivity contribution in [1.29, 1.82) is 0 Å². The third-order valence-corrected chi connectivity index (χ3v) is 0. The molecule has 0 unspecified atom stereocenters. The average molecular weight is 332 g/mol. The monoisotopic (exact) mass is 332 g/mol. The van der Waals surface area contributed by atoms with Crippen LogP contribution in [-0.4, -0.2) is 20.0 Å². The number of hydrogen-bond donors (Lipinski definition) is 0. The summed E-state index contributed by atoms with van der Waals surface area (Å²) in [6, 6.07) is 0. The molecule has 0 spiro atoms. The molecule has 9 heavy (non-hydrogen) atoms. The fraction of sp³-hybridized carbons (Fsp3) is 0.429. The Hall–Kier alpha value is 1.17.